The molecule has 1 unspecified atom stereocenters. The summed E-state index contributed by atoms with van der Waals surface area (Å²) in [5.41, 5.74) is 0. The summed E-state index contributed by atoms with van der Waals surface area (Å²) in [5, 5.41) is 4.62. The van der Waals surface area contributed by atoms with Gasteiger partial charge in [0, 0.05) is 31.2 Å². The van der Waals surface area contributed by atoms with Crippen LogP contribution in [0, 0.1) is 5.92 Å². The third kappa shape index (κ3) is 3.49. The van der Waals surface area contributed by atoms with Crippen LogP contribution in [0.25, 0.3) is 0 Å². The van der Waals surface area contributed by atoms with Crippen LogP contribution in [0.15, 0.2) is 17.6 Å². The van der Waals surface area contributed by atoms with Crippen LogP contribution in [-0.2, 0) is 7.05 Å². The molecule has 2 rings (SSSR count). The average Bonchev–Trinajstić information content (AvgIpc) is 2.77. The van der Waals surface area contributed by atoms with E-state index in [2.05, 4.69) is 29.0 Å². The van der Waals surface area contributed by atoms with E-state index in [1.807, 2.05) is 24.2 Å². The van der Waals surface area contributed by atoms with Crippen molar-refractivity contribution in [1.82, 2.24) is 14.9 Å². The molecule has 17 heavy (non-hydrogen) atoms. The summed E-state index contributed by atoms with van der Waals surface area (Å²) in [6, 6.07) is 0.636. The summed E-state index contributed by atoms with van der Waals surface area (Å²) in [6.07, 6.45) is 10.9. The van der Waals surface area contributed by atoms with Crippen molar-refractivity contribution in [1.29, 1.82) is 0 Å². The number of thioether (sulfide) groups is 1. The Hall–Kier alpha value is -0.480. The Morgan fingerprint density at radius 1 is 1.47 bits per heavy atom. The van der Waals surface area contributed by atoms with Crippen LogP contribution in [0.1, 0.15) is 32.1 Å². The predicted octanol–water partition coefficient (Wildman–Crippen LogP) is 2.68. The lowest BCUT2D eigenvalue weighted by atomic mass is 9.84. The van der Waals surface area contributed by atoms with Crippen molar-refractivity contribution in [3.8, 4) is 0 Å². The summed E-state index contributed by atoms with van der Waals surface area (Å²) < 4.78 is 2.10. The molecule has 1 aromatic heterocycles. The van der Waals surface area contributed by atoms with Crippen molar-refractivity contribution < 1.29 is 0 Å². The van der Waals surface area contributed by atoms with Crippen LogP contribution in [0.2, 0.25) is 0 Å². The average molecular weight is 253 g/mol. The molecule has 96 valence electrons. The highest BCUT2D eigenvalue weighted by atomic mass is 32.2. The molecule has 0 spiro atoms. The van der Waals surface area contributed by atoms with Gasteiger partial charge in [-0.3, -0.25) is 0 Å². The zero-order valence-corrected chi connectivity index (χ0v) is 11.7. The molecule has 1 saturated carbocycles. The Balaban J connectivity index is 1.84. The third-order valence-corrected chi connectivity index (χ3v) is 4.94. The highest BCUT2D eigenvalue weighted by molar-refractivity contribution is 7.99. The van der Waals surface area contributed by atoms with Crippen molar-refractivity contribution in [2.24, 2.45) is 13.0 Å². The van der Waals surface area contributed by atoms with E-state index in [9.17, 15) is 0 Å². The summed E-state index contributed by atoms with van der Waals surface area (Å²) in [6.45, 7) is 0. The lowest BCUT2D eigenvalue weighted by molar-refractivity contribution is 0.294. The molecule has 1 fully saturated rings. The number of nitrogens with zero attached hydrogens (tertiary/aromatic N) is 2. The van der Waals surface area contributed by atoms with Crippen LogP contribution in [0.3, 0.4) is 0 Å². The molecule has 1 N–H and O–H groups in total. The number of hydrogen-bond donors (Lipinski definition) is 1. The lowest BCUT2D eigenvalue weighted by Crippen LogP contribution is -2.37. The molecule has 0 radical (unpaired) electrons. The van der Waals surface area contributed by atoms with Gasteiger partial charge in [-0.25, -0.2) is 4.98 Å². The van der Waals surface area contributed by atoms with E-state index < -0.39 is 0 Å². The molecule has 0 saturated heterocycles. The van der Waals surface area contributed by atoms with Gasteiger partial charge in [-0.1, -0.05) is 31.0 Å². The number of aryl methyl sites for hydroxylation is 1. The Kier molecular flexibility index (Phi) is 4.92. The first-order valence-corrected chi connectivity index (χ1v) is 7.57. The monoisotopic (exact) mass is 253 g/mol. The zero-order valence-electron chi connectivity index (χ0n) is 10.9. The Morgan fingerprint density at radius 2 is 2.24 bits per heavy atom. The molecule has 1 aliphatic rings. The fraction of sp³-hybridized carbons (Fsp3) is 0.769. The summed E-state index contributed by atoms with van der Waals surface area (Å²) in [4.78, 5) is 4.37. The smallest absolute Gasteiger partial charge is 0.167 e. The van der Waals surface area contributed by atoms with E-state index in [0.29, 0.717) is 6.04 Å². The second kappa shape index (κ2) is 6.45. The molecule has 4 heteroatoms. The van der Waals surface area contributed by atoms with Crippen molar-refractivity contribution in [2.75, 3.05) is 12.8 Å². The van der Waals surface area contributed by atoms with Crippen molar-refractivity contribution in [3.05, 3.63) is 12.4 Å². The van der Waals surface area contributed by atoms with Gasteiger partial charge in [-0.15, -0.1) is 0 Å². The number of nitrogens with one attached hydrogen (secondary N) is 1. The minimum absolute atomic E-state index is 0.636. The molecule has 1 atom stereocenters. The Labute approximate surface area is 108 Å². The molecule has 0 amide bonds. The van der Waals surface area contributed by atoms with E-state index in [1.165, 1.54) is 32.1 Å². The zero-order chi connectivity index (χ0) is 12.1. The molecule has 3 nitrogen and oxygen atoms in total. The second-order valence-electron chi connectivity index (χ2n) is 4.92. The molecular weight excluding hydrogens is 230 g/mol. The standard InChI is InChI=1S/C13H23N3S/c1-14-12(11-6-4-3-5-7-11)10-17-13-15-8-9-16(13)2/h8-9,11-12,14H,3-7,10H2,1-2H3. The molecule has 0 aromatic carbocycles. The minimum Gasteiger partial charge on any atom is -0.329 e. The van der Waals surface area contributed by atoms with E-state index in [0.717, 1.165) is 16.8 Å². The largest absolute Gasteiger partial charge is 0.329 e. The number of rotatable bonds is 5. The van der Waals surface area contributed by atoms with E-state index in [1.54, 1.807) is 0 Å². The maximum atomic E-state index is 4.37. The van der Waals surface area contributed by atoms with Crippen LogP contribution in [-0.4, -0.2) is 28.4 Å². The van der Waals surface area contributed by atoms with Gasteiger partial charge in [0.05, 0.1) is 0 Å². The highest BCUT2D eigenvalue weighted by Gasteiger charge is 2.22. The Morgan fingerprint density at radius 3 is 2.82 bits per heavy atom. The first kappa shape index (κ1) is 13.0. The van der Waals surface area contributed by atoms with Crippen LogP contribution >= 0.6 is 11.8 Å². The van der Waals surface area contributed by atoms with Gasteiger partial charge in [0.15, 0.2) is 5.16 Å². The number of hydrogen-bond acceptors (Lipinski definition) is 3. The van der Waals surface area contributed by atoms with Crippen molar-refractivity contribution in [2.45, 2.75) is 43.3 Å². The molecular formula is C13H23N3S. The van der Waals surface area contributed by atoms with Gasteiger partial charge in [-0.2, -0.15) is 0 Å². The molecule has 1 aliphatic carbocycles. The fourth-order valence-corrected chi connectivity index (χ4v) is 3.81. The summed E-state index contributed by atoms with van der Waals surface area (Å²) in [7, 11) is 4.16. The lowest BCUT2D eigenvalue weighted by Gasteiger charge is -2.29. The molecule has 1 heterocycles. The normalized spacial score (nSPS) is 19.4. The van der Waals surface area contributed by atoms with E-state index in [-0.39, 0.29) is 0 Å². The predicted molar refractivity (Wildman–Crippen MR) is 73.4 cm³/mol. The fourth-order valence-electron chi connectivity index (χ4n) is 2.65. The van der Waals surface area contributed by atoms with Crippen molar-refractivity contribution in [3.63, 3.8) is 0 Å². The maximum Gasteiger partial charge on any atom is 0.167 e. The van der Waals surface area contributed by atoms with Crippen LogP contribution in [0.5, 0.6) is 0 Å². The van der Waals surface area contributed by atoms with Gasteiger partial charge >= 0.3 is 0 Å². The van der Waals surface area contributed by atoms with Gasteiger partial charge < -0.3 is 9.88 Å². The first-order chi connectivity index (χ1) is 8.31. The van der Waals surface area contributed by atoms with E-state index in [4.69, 9.17) is 0 Å². The van der Waals surface area contributed by atoms with Gasteiger partial charge in [0.1, 0.15) is 0 Å². The van der Waals surface area contributed by atoms with E-state index >= 15 is 0 Å². The van der Waals surface area contributed by atoms with Gasteiger partial charge in [0.25, 0.3) is 0 Å². The number of imidazole rings is 1. The number of aromatic nitrogens is 2. The van der Waals surface area contributed by atoms with Gasteiger partial charge in [0.2, 0.25) is 0 Å². The minimum atomic E-state index is 0.636. The Bertz CT molecular complexity index is 331. The summed E-state index contributed by atoms with van der Waals surface area (Å²) in [5.74, 6) is 1.99. The SMILES string of the molecule is CNC(CSc1nccn1C)C1CCCCC1. The quantitative estimate of drug-likeness (QED) is 0.818. The maximum absolute atomic E-state index is 4.37. The van der Waals surface area contributed by atoms with Crippen molar-refractivity contribution >= 4 is 11.8 Å². The summed E-state index contributed by atoms with van der Waals surface area (Å²) >= 11 is 1.87. The first-order valence-electron chi connectivity index (χ1n) is 6.58. The third-order valence-electron chi connectivity index (χ3n) is 3.76. The molecule has 0 aliphatic heterocycles. The second-order valence-corrected chi connectivity index (χ2v) is 5.91. The molecule has 0 bridgehead atoms. The molecule has 1 aromatic rings. The van der Waals surface area contributed by atoms with Crippen LogP contribution < -0.4 is 5.32 Å². The topological polar surface area (TPSA) is 29.9 Å². The highest BCUT2D eigenvalue weighted by Crippen LogP contribution is 2.29. The van der Waals surface area contributed by atoms with Gasteiger partial charge in [-0.05, 0) is 25.8 Å². The van der Waals surface area contributed by atoms with Crippen LogP contribution in [0.4, 0.5) is 0 Å².